The lowest BCUT2D eigenvalue weighted by Gasteiger charge is -2.28. The molecule has 0 bridgehead atoms. The lowest BCUT2D eigenvalue weighted by Crippen LogP contribution is -2.49. The van der Waals surface area contributed by atoms with Gasteiger partial charge in [-0.2, -0.15) is 0 Å². The molecule has 0 heterocycles. The number of carbonyl (C=O) groups is 1. The summed E-state index contributed by atoms with van der Waals surface area (Å²) in [7, 11) is 0. The average Bonchev–Trinajstić information content (AvgIpc) is 2.48. The quantitative estimate of drug-likeness (QED) is 0.476. The van der Waals surface area contributed by atoms with E-state index >= 15 is 0 Å². The van der Waals surface area contributed by atoms with Crippen LogP contribution in [-0.2, 0) is 0 Å². The number of amides is 1. The molecular weight excluding hydrogens is 413 g/mol. The molecule has 128 valence electrons. The smallest absolute Gasteiger partial charge is 0.252 e. The van der Waals surface area contributed by atoms with Gasteiger partial charge in [0.25, 0.3) is 5.91 Å². The zero-order chi connectivity index (χ0) is 17.9. The van der Waals surface area contributed by atoms with Crippen LogP contribution in [0.25, 0.3) is 0 Å². The SMILES string of the molecule is Cc1ccc(C(=O)NC(Nc2ccc(Cl)cc2Cl)C(Cl)(Cl)Cl)cc1. The number of hydrogen-bond acceptors (Lipinski definition) is 2. The van der Waals surface area contributed by atoms with Crippen molar-refractivity contribution in [3.05, 3.63) is 63.6 Å². The Bertz CT molecular complexity index is 728. The summed E-state index contributed by atoms with van der Waals surface area (Å²) in [4.78, 5) is 12.4. The Morgan fingerprint density at radius 3 is 2.21 bits per heavy atom. The Morgan fingerprint density at radius 1 is 1.04 bits per heavy atom. The minimum absolute atomic E-state index is 0.339. The molecule has 3 nitrogen and oxygen atoms in total. The van der Waals surface area contributed by atoms with Gasteiger partial charge in [-0.1, -0.05) is 75.7 Å². The van der Waals surface area contributed by atoms with Crippen molar-refractivity contribution < 1.29 is 4.79 Å². The van der Waals surface area contributed by atoms with E-state index in [2.05, 4.69) is 10.6 Å². The van der Waals surface area contributed by atoms with E-state index in [0.29, 0.717) is 21.3 Å². The van der Waals surface area contributed by atoms with E-state index in [1.54, 1.807) is 30.3 Å². The molecule has 1 amide bonds. The van der Waals surface area contributed by atoms with Crippen molar-refractivity contribution in [3.8, 4) is 0 Å². The maximum Gasteiger partial charge on any atom is 0.252 e. The summed E-state index contributed by atoms with van der Waals surface area (Å²) >= 11 is 29.9. The van der Waals surface area contributed by atoms with E-state index in [1.165, 1.54) is 0 Å². The molecule has 0 aromatic heterocycles. The van der Waals surface area contributed by atoms with Crippen molar-refractivity contribution in [2.24, 2.45) is 0 Å². The molecule has 0 aliphatic carbocycles. The second-order valence-electron chi connectivity index (χ2n) is 5.08. The number of alkyl halides is 3. The predicted molar refractivity (Wildman–Crippen MR) is 103 cm³/mol. The van der Waals surface area contributed by atoms with Crippen LogP contribution in [0.4, 0.5) is 5.69 Å². The van der Waals surface area contributed by atoms with E-state index in [4.69, 9.17) is 58.0 Å². The van der Waals surface area contributed by atoms with Crippen molar-refractivity contribution in [2.45, 2.75) is 16.9 Å². The molecule has 0 spiro atoms. The molecular formula is C16H13Cl5N2O. The summed E-state index contributed by atoms with van der Waals surface area (Å²) < 4.78 is -1.80. The van der Waals surface area contributed by atoms with Gasteiger partial charge in [-0.25, -0.2) is 0 Å². The maximum atomic E-state index is 12.4. The number of rotatable bonds is 4. The molecule has 2 rings (SSSR count). The van der Waals surface area contributed by atoms with Gasteiger partial charge in [0, 0.05) is 10.6 Å². The third-order valence-electron chi connectivity index (χ3n) is 3.15. The Morgan fingerprint density at radius 2 is 1.67 bits per heavy atom. The summed E-state index contributed by atoms with van der Waals surface area (Å²) in [5, 5.41) is 6.36. The van der Waals surface area contributed by atoms with Crippen LogP contribution in [0.1, 0.15) is 15.9 Å². The highest BCUT2D eigenvalue weighted by Crippen LogP contribution is 2.33. The van der Waals surface area contributed by atoms with Crippen LogP contribution >= 0.6 is 58.0 Å². The summed E-state index contributed by atoms with van der Waals surface area (Å²) in [6, 6.07) is 11.8. The standard InChI is InChI=1S/C16H13Cl5N2O/c1-9-2-4-10(5-3-9)14(24)23-15(16(19,20)21)22-13-7-6-11(17)8-12(13)18/h2-8,15,22H,1H3,(H,23,24). The number of benzene rings is 2. The van der Waals surface area contributed by atoms with Crippen LogP contribution in [-0.4, -0.2) is 15.9 Å². The molecule has 2 aromatic rings. The number of halogens is 5. The van der Waals surface area contributed by atoms with Gasteiger partial charge in [-0.15, -0.1) is 0 Å². The van der Waals surface area contributed by atoms with Crippen molar-refractivity contribution in [1.29, 1.82) is 0 Å². The van der Waals surface area contributed by atoms with Gasteiger partial charge in [0.05, 0.1) is 10.7 Å². The van der Waals surface area contributed by atoms with Crippen LogP contribution in [0, 0.1) is 6.92 Å². The highest BCUT2D eigenvalue weighted by Gasteiger charge is 2.34. The Kier molecular flexibility index (Phi) is 6.52. The summed E-state index contributed by atoms with van der Waals surface area (Å²) in [5.41, 5.74) is 1.96. The van der Waals surface area contributed by atoms with Crippen LogP contribution in [0.3, 0.4) is 0 Å². The largest absolute Gasteiger partial charge is 0.361 e. The summed E-state index contributed by atoms with van der Waals surface area (Å²) in [6.45, 7) is 1.93. The van der Waals surface area contributed by atoms with E-state index in [9.17, 15) is 4.79 Å². The molecule has 0 aliphatic heterocycles. The van der Waals surface area contributed by atoms with Gasteiger partial charge < -0.3 is 10.6 Å². The lowest BCUT2D eigenvalue weighted by atomic mass is 10.1. The number of aryl methyl sites for hydroxylation is 1. The van der Waals surface area contributed by atoms with Crippen molar-refractivity contribution in [3.63, 3.8) is 0 Å². The summed E-state index contributed by atoms with van der Waals surface area (Å²) in [5.74, 6) is -0.385. The van der Waals surface area contributed by atoms with E-state index in [1.807, 2.05) is 19.1 Å². The number of nitrogens with one attached hydrogen (secondary N) is 2. The first-order chi connectivity index (χ1) is 11.2. The Labute approximate surface area is 165 Å². The van der Waals surface area contributed by atoms with Gasteiger partial charge in [0.1, 0.15) is 6.17 Å². The van der Waals surface area contributed by atoms with Gasteiger partial charge in [-0.05, 0) is 37.3 Å². The fourth-order valence-electron chi connectivity index (χ4n) is 1.88. The third kappa shape index (κ3) is 5.33. The normalized spacial score (nSPS) is 12.6. The molecule has 0 saturated heterocycles. The molecule has 0 fully saturated rings. The molecule has 1 atom stereocenters. The Balaban J connectivity index is 2.19. The average molecular weight is 427 g/mol. The summed E-state index contributed by atoms with van der Waals surface area (Å²) in [6.07, 6.45) is -1.00. The minimum atomic E-state index is -1.80. The van der Waals surface area contributed by atoms with Crippen LogP contribution < -0.4 is 10.6 Å². The zero-order valence-corrected chi connectivity index (χ0v) is 16.2. The van der Waals surface area contributed by atoms with Crippen LogP contribution in [0.15, 0.2) is 42.5 Å². The lowest BCUT2D eigenvalue weighted by molar-refractivity contribution is 0.0942. The van der Waals surface area contributed by atoms with Crippen molar-refractivity contribution in [1.82, 2.24) is 5.32 Å². The second-order valence-corrected chi connectivity index (χ2v) is 8.30. The van der Waals surface area contributed by atoms with Gasteiger partial charge in [0.15, 0.2) is 0 Å². The molecule has 24 heavy (non-hydrogen) atoms. The minimum Gasteiger partial charge on any atom is -0.361 e. The number of hydrogen-bond donors (Lipinski definition) is 2. The molecule has 0 radical (unpaired) electrons. The highest BCUT2D eigenvalue weighted by atomic mass is 35.6. The maximum absolute atomic E-state index is 12.4. The van der Waals surface area contributed by atoms with E-state index < -0.39 is 9.96 Å². The monoisotopic (exact) mass is 424 g/mol. The molecule has 2 aromatic carbocycles. The highest BCUT2D eigenvalue weighted by molar-refractivity contribution is 6.68. The number of carbonyl (C=O) groups excluding carboxylic acids is 1. The fourth-order valence-corrected chi connectivity index (χ4v) is 2.67. The van der Waals surface area contributed by atoms with Gasteiger partial charge in [0.2, 0.25) is 3.79 Å². The molecule has 2 N–H and O–H groups in total. The molecule has 0 saturated carbocycles. The van der Waals surface area contributed by atoms with E-state index in [0.717, 1.165) is 5.56 Å². The van der Waals surface area contributed by atoms with Crippen LogP contribution in [0.5, 0.6) is 0 Å². The van der Waals surface area contributed by atoms with Crippen LogP contribution in [0.2, 0.25) is 10.0 Å². The van der Waals surface area contributed by atoms with Crippen molar-refractivity contribution in [2.75, 3.05) is 5.32 Å². The molecule has 0 aliphatic rings. The second kappa shape index (κ2) is 8.03. The van der Waals surface area contributed by atoms with E-state index in [-0.39, 0.29) is 5.91 Å². The number of anilines is 1. The van der Waals surface area contributed by atoms with Crippen molar-refractivity contribution >= 4 is 69.6 Å². The fraction of sp³-hybridized carbons (Fsp3) is 0.188. The predicted octanol–water partition coefficient (Wildman–Crippen LogP) is 5.84. The first-order valence-corrected chi connectivity index (χ1v) is 8.71. The topological polar surface area (TPSA) is 41.1 Å². The third-order valence-corrected chi connectivity index (χ3v) is 4.35. The molecule has 8 heteroatoms. The first-order valence-electron chi connectivity index (χ1n) is 6.82. The zero-order valence-electron chi connectivity index (χ0n) is 12.4. The van der Waals surface area contributed by atoms with Gasteiger partial charge >= 0.3 is 0 Å². The Hall–Kier alpha value is -0.840. The first kappa shape index (κ1) is 19.5. The van der Waals surface area contributed by atoms with Gasteiger partial charge in [-0.3, -0.25) is 4.79 Å². The molecule has 1 unspecified atom stereocenters.